The molecule has 0 unspecified atom stereocenters. The molecule has 0 aliphatic heterocycles. The first kappa shape index (κ1) is 35.9. The van der Waals surface area contributed by atoms with Crippen LogP contribution < -0.4 is 9.80 Å². The maximum atomic E-state index is 12.9. The largest absolute Gasteiger partial charge is 0.341 e. The van der Waals surface area contributed by atoms with Crippen LogP contribution in [0.2, 0.25) is 0 Å². The second-order valence-corrected chi connectivity index (χ2v) is 14.1. The van der Waals surface area contributed by atoms with Crippen molar-refractivity contribution in [1.29, 1.82) is 0 Å². The highest BCUT2D eigenvalue weighted by atomic mass is 32.2. The zero-order valence-corrected chi connectivity index (χ0v) is 30.2. The monoisotopic (exact) mass is 674 g/mol. The standard InChI is InChI=1S/C43H50N2O3S/c1-5-17-33-31-37(44(29-7-3)35-19-11-9-12-20-35)25-27-39(33)43(41-23-15-16-24-42(41)49(46,47)48)40-28-26-38(32-34(40)18-6-2)45(30-8-4)36-21-13-10-14-22-36/h9-16,19-28,31-32,43H,5-8,17-18,29-30H2,1-4H3,(H,46,47,48). The van der Waals surface area contributed by atoms with Gasteiger partial charge in [0.15, 0.2) is 0 Å². The average Bonchev–Trinajstić information content (AvgIpc) is 3.11. The highest BCUT2D eigenvalue weighted by Crippen LogP contribution is 2.42. The van der Waals surface area contributed by atoms with Crippen LogP contribution in [0.25, 0.3) is 0 Å². The van der Waals surface area contributed by atoms with E-state index in [1.165, 1.54) is 17.2 Å². The molecule has 0 heterocycles. The number of rotatable bonds is 16. The van der Waals surface area contributed by atoms with Gasteiger partial charge in [0.1, 0.15) is 0 Å². The first-order valence-corrected chi connectivity index (χ1v) is 19.2. The van der Waals surface area contributed by atoms with Gasteiger partial charge in [-0.15, -0.1) is 0 Å². The predicted octanol–water partition coefficient (Wildman–Crippen LogP) is 11.1. The molecule has 1 N–H and O–H groups in total. The summed E-state index contributed by atoms with van der Waals surface area (Å²) in [6.07, 6.45) is 5.53. The van der Waals surface area contributed by atoms with E-state index >= 15 is 0 Å². The van der Waals surface area contributed by atoms with Crippen molar-refractivity contribution >= 4 is 32.9 Å². The van der Waals surface area contributed by atoms with Crippen molar-refractivity contribution in [3.8, 4) is 0 Å². The normalized spacial score (nSPS) is 11.6. The van der Waals surface area contributed by atoms with E-state index in [0.29, 0.717) is 5.56 Å². The van der Waals surface area contributed by atoms with Gasteiger partial charge in [-0.2, -0.15) is 8.42 Å². The van der Waals surface area contributed by atoms with Gasteiger partial charge >= 0.3 is 0 Å². The van der Waals surface area contributed by atoms with Crippen molar-refractivity contribution in [3.63, 3.8) is 0 Å². The van der Waals surface area contributed by atoms with Crippen molar-refractivity contribution in [2.75, 3.05) is 22.9 Å². The van der Waals surface area contributed by atoms with Gasteiger partial charge in [-0.1, -0.05) is 107 Å². The third kappa shape index (κ3) is 8.44. The molecule has 0 atom stereocenters. The number of aryl methyl sites for hydroxylation is 2. The molecule has 0 saturated carbocycles. The van der Waals surface area contributed by atoms with Gasteiger partial charge < -0.3 is 9.80 Å². The Kier molecular flexibility index (Phi) is 12.3. The van der Waals surface area contributed by atoms with Crippen LogP contribution >= 0.6 is 0 Å². The smallest absolute Gasteiger partial charge is 0.294 e. The third-order valence-corrected chi connectivity index (χ3v) is 10.0. The first-order chi connectivity index (χ1) is 23.8. The van der Waals surface area contributed by atoms with Crippen molar-refractivity contribution in [1.82, 2.24) is 0 Å². The van der Waals surface area contributed by atoms with Crippen molar-refractivity contribution in [2.45, 2.75) is 77.0 Å². The van der Waals surface area contributed by atoms with Gasteiger partial charge in [-0.3, -0.25) is 4.55 Å². The molecule has 6 heteroatoms. The van der Waals surface area contributed by atoms with Crippen LogP contribution in [0.15, 0.2) is 126 Å². The number of para-hydroxylation sites is 2. The summed E-state index contributed by atoms with van der Waals surface area (Å²) < 4.78 is 36.4. The van der Waals surface area contributed by atoms with Crippen LogP contribution in [0, 0.1) is 0 Å². The maximum Gasteiger partial charge on any atom is 0.294 e. The van der Waals surface area contributed by atoms with Crippen molar-refractivity contribution in [2.24, 2.45) is 0 Å². The first-order valence-electron chi connectivity index (χ1n) is 17.8. The highest BCUT2D eigenvalue weighted by molar-refractivity contribution is 7.85. The number of benzene rings is 5. The molecule has 0 radical (unpaired) electrons. The summed E-state index contributed by atoms with van der Waals surface area (Å²) >= 11 is 0. The van der Waals surface area contributed by atoms with E-state index in [-0.39, 0.29) is 4.90 Å². The third-order valence-electron chi connectivity index (χ3n) is 9.08. The van der Waals surface area contributed by atoms with Crippen LogP contribution in [0.5, 0.6) is 0 Å². The van der Waals surface area contributed by atoms with Crippen LogP contribution in [0.4, 0.5) is 22.7 Å². The van der Waals surface area contributed by atoms with E-state index in [1.807, 2.05) is 24.3 Å². The summed E-state index contributed by atoms with van der Waals surface area (Å²) in [6, 6.07) is 41.2. The van der Waals surface area contributed by atoms with Crippen LogP contribution in [0.3, 0.4) is 0 Å². The molecule has 0 bridgehead atoms. The molecule has 5 nitrogen and oxygen atoms in total. The molecular formula is C43H50N2O3S. The minimum Gasteiger partial charge on any atom is -0.341 e. The lowest BCUT2D eigenvalue weighted by Crippen LogP contribution is -2.20. The molecule has 49 heavy (non-hydrogen) atoms. The molecule has 0 aliphatic rings. The second kappa shape index (κ2) is 16.8. The Hall–Kier alpha value is -4.39. The van der Waals surface area contributed by atoms with E-state index in [9.17, 15) is 13.0 Å². The molecule has 0 saturated heterocycles. The lowest BCUT2D eigenvalue weighted by Gasteiger charge is -2.30. The van der Waals surface area contributed by atoms with Gasteiger partial charge in [-0.05, 0) is 108 Å². The Morgan fingerprint density at radius 1 is 0.510 bits per heavy atom. The summed E-state index contributed by atoms with van der Waals surface area (Å²) in [7, 11) is -4.49. The van der Waals surface area contributed by atoms with Crippen LogP contribution in [-0.2, 0) is 23.0 Å². The van der Waals surface area contributed by atoms with Crippen molar-refractivity contribution in [3.05, 3.63) is 149 Å². The molecule has 0 aliphatic carbocycles. The number of hydrogen-bond acceptors (Lipinski definition) is 4. The Bertz CT molecular complexity index is 1810. The van der Waals surface area contributed by atoms with Crippen LogP contribution in [-0.4, -0.2) is 26.1 Å². The van der Waals surface area contributed by atoms with E-state index < -0.39 is 16.0 Å². The molecule has 256 valence electrons. The van der Waals surface area contributed by atoms with Gasteiger partial charge in [-0.25, -0.2) is 0 Å². The minimum absolute atomic E-state index is 0.0492. The lowest BCUT2D eigenvalue weighted by molar-refractivity contribution is 0.482. The second-order valence-electron chi connectivity index (χ2n) is 12.7. The van der Waals surface area contributed by atoms with E-state index in [4.69, 9.17) is 0 Å². The van der Waals surface area contributed by atoms with E-state index in [0.717, 1.165) is 85.5 Å². The summed E-state index contributed by atoms with van der Waals surface area (Å²) in [5, 5.41) is 0. The molecule has 0 spiro atoms. The number of hydrogen-bond donors (Lipinski definition) is 1. The van der Waals surface area contributed by atoms with Gasteiger partial charge in [0.25, 0.3) is 10.1 Å². The lowest BCUT2D eigenvalue weighted by atomic mass is 9.79. The fourth-order valence-electron chi connectivity index (χ4n) is 6.99. The SMILES string of the molecule is CCCc1cc(N(CCC)c2ccccc2)ccc1C(c1ccc(N(CCC)c2ccccc2)cc1CCC)c1ccccc1S(=O)(=O)O. The highest BCUT2D eigenvalue weighted by Gasteiger charge is 2.29. The van der Waals surface area contributed by atoms with E-state index in [1.54, 1.807) is 6.07 Å². The van der Waals surface area contributed by atoms with Gasteiger partial charge in [0.2, 0.25) is 0 Å². The van der Waals surface area contributed by atoms with Crippen molar-refractivity contribution < 1.29 is 13.0 Å². The fraction of sp³-hybridized carbons (Fsp3) is 0.302. The number of anilines is 4. The Morgan fingerprint density at radius 3 is 1.35 bits per heavy atom. The molecule has 5 aromatic rings. The molecular weight excluding hydrogens is 625 g/mol. The number of nitrogens with zero attached hydrogens (tertiary/aromatic N) is 2. The molecule has 0 amide bonds. The van der Waals surface area contributed by atoms with Crippen LogP contribution in [0.1, 0.15) is 87.1 Å². The molecule has 5 rings (SSSR count). The maximum absolute atomic E-state index is 12.9. The minimum atomic E-state index is -4.49. The summed E-state index contributed by atoms with van der Waals surface area (Å²) in [5.74, 6) is -0.406. The molecule has 0 fully saturated rings. The fourth-order valence-corrected chi connectivity index (χ4v) is 7.72. The molecule has 5 aromatic carbocycles. The summed E-state index contributed by atoms with van der Waals surface area (Å²) in [5.41, 5.74) is 9.57. The summed E-state index contributed by atoms with van der Waals surface area (Å²) in [4.78, 5) is 4.66. The molecule has 0 aromatic heterocycles. The average molecular weight is 675 g/mol. The Balaban J connectivity index is 1.75. The summed E-state index contributed by atoms with van der Waals surface area (Å²) in [6.45, 7) is 10.5. The predicted molar refractivity (Wildman–Crippen MR) is 206 cm³/mol. The van der Waals surface area contributed by atoms with Gasteiger partial charge in [0.05, 0.1) is 4.90 Å². The Labute approximate surface area is 294 Å². The Morgan fingerprint density at radius 2 is 0.939 bits per heavy atom. The topological polar surface area (TPSA) is 60.9 Å². The van der Waals surface area contributed by atoms with E-state index in [2.05, 4.69) is 122 Å². The zero-order valence-electron chi connectivity index (χ0n) is 29.3. The zero-order chi connectivity index (χ0) is 34.8. The van der Waals surface area contributed by atoms with Gasteiger partial charge in [0, 0.05) is 41.8 Å². The quantitative estimate of drug-likeness (QED) is 0.0834.